The molecule has 1 aromatic heterocycles. The van der Waals surface area contributed by atoms with E-state index < -0.39 is 0 Å². The number of aromatic nitrogens is 2. The molecule has 2 aromatic carbocycles. The molecular formula is C18H18N4O2S. The van der Waals surface area contributed by atoms with Gasteiger partial charge in [-0.05, 0) is 43.3 Å². The first-order chi connectivity index (χ1) is 12.2. The molecule has 3 aromatic rings. The molecule has 0 atom stereocenters. The molecule has 0 amide bonds. The number of fused-ring (bicyclic) bond motifs is 2. The molecule has 4 rings (SSSR count). The topological polar surface area (TPSA) is 68.3 Å². The van der Waals surface area contributed by atoms with Crippen LogP contribution in [0.5, 0.6) is 11.5 Å². The average molecular weight is 354 g/mol. The van der Waals surface area contributed by atoms with Crippen LogP contribution in [-0.4, -0.2) is 35.3 Å². The third-order valence-corrected chi connectivity index (χ3v) is 4.33. The second-order valence-corrected chi connectivity index (χ2v) is 6.40. The van der Waals surface area contributed by atoms with Gasteiger partial charge in [-0.25, -0.2) is 9.97 Å². The summed E-state index contributed by atoms with van der Waals surface area (Å²) in [7, 11) is 3.21. The number of hydrogen-bond donors (Lipinski definition) is 2. The molecule has 1 heterocycles. The lowest BCUT2D eigenvalue weighted by atomic mass is 10.2. The molecule has 0 spiro atoms. The second kappa shape index (κ2) is 6.33. The van der Waals surface area contributed by atoms with Crippen LogP contribution in [0.25, 0.3) is 22.1 Å². The van der Waals surface area contributed by atoms with Crippen molar-refractivity contribution in [2.45, 2.75) is 18.9 Å². The van der Waals surface area contributed by atoms with Crippen LogP contribution in [0.3, 0.4) is 0 Å². The summed E-state index contributed by atoms with van der Waals surface area (Å²) in [6.07, 6.45) is 2.37. The van der Waals surface area contributed by atoms with Crippen molar-refractivity contribution in [1.29, 1.82) is 0 Å². The van der Waals surface area contributed by atoms with Gasteiger partial charge in [0.15, 0.2) is 16.6 Å². The Labute approximate surface area is 150 Å². The fourth-order valence-corrected chi connectivity index (χ4v) is 2.95. The predicted molar refractivity (Wildman–Crippen MR) is 103 cm³/mol. The molecule has 25 heavy (non-hydrogen) atoms. The number of thiocarbonyl (C=S) groups is 1. The van der Waals surface area contributed by atoms with Crippen LogP contribution in [0.15, 0.2) is 30.3 Å². The maximum absolute atomic E-state index is 5.35. The molecule has 0 aliphatic heterocycles. The molecule has 6 nitrogen and oxygen atoms in total. The van der Waals surface area contributed by atoms with Gasteiger partial charge < -0.3 is 20.1 Å². The maximum Gasteiger partial charge on any atom is 0.170 e. The summed E-state index contributed by atoms with van der Waals surface area (Å²) < 4.78 is 10.7. The Bertz CT molecular complexity index is 972. The van der Waals surface area contributed by atoms with E-state index >= 15 is 0 Å². The van der Waals surface area contributed by atoms with E-state index in [0.29, 0.717) is 22.7 Å². The molecule has 0 saturated heterocycles. The zero-order valence-corrected chi connectivity index (χ0v) is 14.8. The fraction of sp³-hybridized carbons (Fsp3) is 0.278. The van der Waals surface area contributed by atoms with Crippen LogP contribution >= 0.6 is 12.2 Å². The van der Waals surface area contributed by atoms with Gasteiger partial charge in [0.05, 0.1) is 36.3 Å². The molecule has 2 N–H and O–H groups in total. The largest absolute Gasteiger partial charge is 0.493 e. The monoisotopic (exact) mass is 354 g/mol. The summed E-state index contributed by atoms with van der Waals surface area (Å²) in [6.45, 7) is 0. The molecule has 0 bridgehead atoms. The Morgan fingerprint density at radius 1 is 0.960 bits per heavy atom. The number of nitrogens with one attached hydrogen (secondary N) is 2. The highest BCUT2D eigenvalue weighted by molar-refractivity contribution is 7.80. The lowest BCUT2D eigenvalue weighted by Gasteiger charge is -2.11. The predicted octanol–water partition coefficient (Wildman–Crippen LogP) is 3.25. The van der Waals surface area contributed by atoms with Crippen molar-refractivity contribution in [2.24, 2.45) is 0 Å². The fourth-order valence-electron chi connectivity index (χ4n) is 2.66. The minimum atomic E-state index is 0.520. The highest BCUT2D eigenvalue weighted by atomic mass is 32.1. The van der Waals surface area contributed by atoms with Gasteiger partial charge in [0.1, 0.15) is 0 Å². The Hall–Kier alpha value is -2.67. The zero-order valence-electron chi connectivity index (χ0n) is 14.0. The van der Waals surface area contributed by atoms with Crippen LogP contribution in [0.4, 0.5) is 5.69 Å². The van der Waals surface area contributed by atoms with Gasteiger partial charge in [0.25, 0.3) is 0 Å². The second-order valence-electron chi connectivity index (χ2n) is 6.00. The molecule has 1 aliphatic rings. The molecule has 7 heteroatoms. The number of rotatable bonds is 4. The highest BCUT2D eigenvalue weighted by Gasteiger charge is 2.21. The average Bonchev–Trinajstić information content (AvgIpc) is 3.42. The molecule has 0 unspecified atom stereocenters. The summed E-state index contributed by atoms with van der Waals surface area (Å²) in [6, 6.07) is 10.0. The van der Waals surface area contributed by atoms with E-state index in [4.69, 9.17) is 26.7 Å². The van der Waals surface area contributed by atoms with Crippen molar-refractivity contribution in [3.05, 3.63) is 30.3 Å². The Balaban J connectivity index is 1.70. The molecular weight excluding hydrogens is 336 g/mol. The van der Waals surface area contributed by atoms with Crippen molar-refractivity contribution in [2.75, 3.05) is 19.5 Å². The van der Waals surface area contributed by atoms with Gasteiger partial charge in [-0.1, -0.05) is 0 Å². The summed E-state index contributed by atoms with van der Waals surface area (Å²) in [5.41, 5.74) is 4.00. The van der Waals surface area contributed by atoms with E-state index in [1.165, 1.54) is 12.8 Å². The minimum Gasteiger partial charge on any atom is -0.493 e. The smallest absolute Gasteiger partial charge is 0.170 e. The van der Waals surface area contributed by atoms with Gasteiger partial charge >= 0.3 is 0 Å². The number of methoxy groups -OCH3 is 2. The van der Waals surface area contributed by atoms with Crippen LogP contribution in [0.2, 0.25) is 0 Å². The van der Waals surface area contributed by atoms with E-state index in [1.54, 1.807) is 14.2 Å². The van der Waals surface area contributed by atoms with Crippen molar-refractivity contribution in [3.63, 3.8) is 0 Å². The van der Waals surface area contributed by atoms with Crippen molar-refractivity contribution < 1.29 is 9.47 Å². The first kappa shape index (κ1) is 15.8. The van der Waals surface area contributed by atoms with Crippen molar-refractivity contribution in [3.8, 4) is 11.5 Å². The van der Waals surface area contributed by atoms with Gasteiger partial charge in [0.2, 0.25) is 0 Å². The van der Waals surface area contributed by atoms with Crippen LogP contribution in [0.1, 0.15) is 12.8 Å². The van der Waals surface area contributed by atoms with Crippen molar-refractivity contribution in [1.82, 2.24) is 15.3 Å². The first-order valence-corrected chi connectivity index (χ1v) is 8.48. The Morgan fingerprint density at radius 2 is 1.56 bits per heavy atom. The van der Waals surface area contributed by atoms with Crippen LogP contribution in [-0.2, 0) is 0 Å². The van der Waals surface area contributed by atoms with E-state index in [1.807, 2.05) is 30.3 Å². The molecule has 1 saturated carbocycles. The maximum atomic E-state index is 5.35. The number of anilines is 1. The normalized spacial score (nSPS) is 13.7. The summed E-state index contributed by atoms with van der Waals surface area (Å²) in [5.74, 6) is 1.27. The molecule has 1 aliphatic carbocycles. The van der Waals surface area contributed by atoms with E-state index in [0.717, 1.165) is 27.8 Å². The number of benzene rings is 2. The van der Waals surface area contributed by atoms with Crippen LogP contribution < -0.4 is 20.1 Å². The van der Waals surface area contributed by atoms with E-state index in [2.05, 4.69) is 15.6 Å². The van der Waals surface area contributed by atoms with Crippen LogP contribution in [0, 0.1) is 0 Å². The third-order valence-electron chi connectivity index (χ3n) is 4.11. The van der Waals surface area contributed by atoms with Gasteiger partial charge in [-0.2, -0.15) is 0 Å². The third kappa shape index (κ3) is 3.28. The molecule has 128 valence electrons. The van der Waals surface area contributed by atoms with Crippen molar-refractivity contribution >= 4 is 45.1 Å². The van der Waals surface area contributed by atoms with Gasteiger partial charge in [-0.15, -0.1) is 0 Å². The number of ether oxygens (including phenoxy) is 2. The SMILES string of the molecule is COc1cc2nc3ccc(NC(=S)NC4CC4)cc3nc2cc1OC. The standard InChI is InChI=1S/C18H18N4O2S/c1-23-16-8-14-15(9-17(16)24-2)22-13-7-11(5-6-12(13)21-14)20-18(25)19-10-3-4-10/h5-10H,3-4H2,1-2H3,(H2,19,20,25). The minimum absolute atomic E-state index is 0.520. The quantitative estimate of drug-likeness (QED) is 0.550. The van der Waals surface area contributed by atoms with E-state index in [-0.39, 0.29) is 0 Å². The number of nitrogens with zero attached hydrogens (tertiary/aromatic N) is 2. The summed E-state index contributed by atoms with van der Waals surface area (Å²) >= 11 is 5.32. The van der Waals surface area contributed by atoms with E-state index in [9.17, 15) is 0 Å². The molecule has 0 radical (unpaired) electrons. The lowest BCUT2D eigenvalue weighted by Crippen LogP contribution is -2.30. The Morgan fingerprint density at radius 3 is 2.16 bits per heavy atom. The zero-order chi connectivity index (χ0) is 17.4. The highest BCUT2D eigenvalue weighted by Crippen LogP contribution is 2.31. The van der Waals surface area contributed by atoms with Gasteiger partial charge in [-0.3, -0.25) is 0 Å². The lowest BCUT2D eigenvalue weighted by molar-refractivity contribution is 0.355. The van der Waals surface area contributed by atoms with Gasteiger partial charge in [0, 0.05) is 23.9 Å². The number of hydrogen-bond acceptors (Lipinski definition) is 5. The molecule has 1 fully saturated rings. The first-order valence-electron chi connectivity index (χ1n) is 8.07. The summed E-state index contributed by atoms with van der Waals surface area (Å²) in [4.78, 5) is 9.37. The Kier molecular flexibility index (Phi) is 4.01. The summed E-state index contributed by atoms with van der Waals surface area (Å²) in [5, 5.41) is 7.10.